The Morgan fingerprint density at radius 2 is 1.87 bits per heavy atom. The molecule has 0 unspecified atom stereocenters. The summed E-state index contributed by atoms with van der Waals surface area (Å²) in [6.07, 6.45) is -3.35. The van der Waals surface area contributed by atoms with Gasteiger partial charge in [-0.05, 0) is 29.8 Å². The van der Waals surface area contributed by atoms with Crippen LogP contribution in [0.2, 0.25) is 0 Å². The van der Waals surface area contributed by atoms with E-state index >= 15 is 0 Å². The zero-order valence-corrected chi connectivity index (χ0v) is 15.8. The minimum Gasteiger partial charge on any atom is -0.506 e. The SMILES string of the molecule is COc1cccc2c1c(O)c(C(=O)N/N=C/c1ccc(C(F)(F)F)cc1)c(=O)n2C. The molecule has 156 valence electrons. The van der Waals surface area contributed by atoms with Crippen LogP contribution in [0.25, 0.3) is 10.9 Å². The van der Waals surface area contributed by atoms with Gasteiger partial charge in [0, 0.05) is 7.05 Å². The standard InChI is InChI=1S/C20H16F3N3O4/c1-26-13-4-3-5-14(30-2)15(13)17(27)16(19(26)29)18(28)25-24-10-11-6-8-12(9-7-11)20(21,22)23/h3-10,27H,1-2H3,(H,25,28)/b24-10+. The summed E-state index contributed by atoms with van der Waals surface area (Å²) in [4.78, 5) is 25.0. The zero-order valence-electron chi connectivity index (χ0n) is 15.8. The molecular formula is C20H16F3N3O4. The Morgan fingerprint density at radius 1 is 1.20 bits per heavy atom. The van der Waals surface area contributed by atoms with Crippen molar-refractivity contribution in [2.24, 2.45) is 12.1 Å². The van der Waals surface area contributed by atoms with Crippen LogP contribution in [0.4, 0.5) is 13.2 Å². The van der Waals surface area contributed by atoms with Crippen molar-refractivity contribution < 1.29 is 27.8 Å². The molecule has 0 bridgehead atoms. The van der Waals surface area contributed by atoms with Crippen molar-refractivity contribution in [1.29, 1.82) is 0 Å². The number of aryl methyl sites for hydroxylation is 1. The van der Waals surface area contributed by atoms with Crippen molar-refractivity contribution in [3.05, 3.63) is 69.5 Å². The highest BCUT2D eigenvalue weighted by Gasteiger charge is 2.29. The first-order valence-electron chi connectivity index (χ1n) is 8.54. The van der Waals surface area contributed by atoms with Crippen LogP contribution >= 0.6 is 0 Å². The molecule has 30 heavy (non-hydrogen) atoms. The third-order valence-corrected chi connectivity index (χ3v) is 4.42. The molecule has 3 rings (SSSR count). The summed E-state index contributed by atoms with van der Waals surface area (Å²) in [7, 11) is 2.82. The number of alkyl halides is 3. The van der Waals surface area contributed by atoms with Crippen molar-refractivity contribution in [3.63, 3.8) is 0 Å². The van der Waals surface area contributed by atoms with Gasteiger partial charge in [-0.15, -0.1) is 0 Å². The average Bonchev–Trinajstić information content (AvgIpc) is 2.71. The Balaban J connectivity index is 1.90. The maximum absolute atomic E-state index is 12.6. The molecule has 1 aromatic heterocycles. The number of methoxy groups -OCH3 is 1. The lowest BCUT2D eigenvalue weighted by atomic mass is 10.1. The first-order valence-corrected chi connectivity index (χ1v) is 8.54. The number of hydrazone groups is 1. The van der Waals surface area contributed by atoms with E-state index in [1.54, 1.807) is 18.2 Å². The Bertz CT molecular complexity index is 1200. The number of nitrogens with one attached hydrogen (secondary N) is 1. The number of benzene rings is 2. The summed E-state index contributed by atoms with van der Waals surface area (Å²) in [5.74, 6) is -1.28. The maximum Gasteiger partial charge on any atom is 0.416 e. The minimum atomic E-state index is -4.46. The first kappa shape index (κ1) is 20.9. The van der Waals surface area contributed by atoms with Crippen LogP contribution in [0.1, 0.15) is 21.5 Å². The quantitative estimate of drug-likeness (QED) is 0.502. The van der Waals surface area contributed by atoms with Gasteiger partial charge in [0.1, 0.15) is 17.1 Å². The van der Waals surface area contributed by atoms with Crippen LogP contribution in [-0.4, -0.2) is 28.9 Å². The lowest BCUT2D eigenvalue weighted by Gasteiger charge is -2.13. The molecule has 0 radical (unpaired) electrons. The summed E-state index contributed by atoms with van der Waals surface area (Å²) in [6, 6.07) is 8.89. The van der Waals surface area contributed by atoms with E-state index in [2.05, 4.69) is 10.5 Å². The van der Waals surface area contributed by atoms with Gasteiger partial charge in [-0.2, -0.15) is 18.3 Å². The van der Waals surface area contributed by atoms with Crippen LogP contribution in [0.5, 0.6) is 11.5 Å². The topological polar surface area (TPSA) is 92.9 Å². The second kappa shape index (κ2) is 7.90. The van der Waals surface area contributed by atoms with E-state index in [0.29, 0.717) is 11.1 Å². The summed E-state index contributed by atoms with van der Waals surface area (Å²) >= 11 is 0. The third kappa shape index (κ3) is 3.84. The fourth-order valence-electron chi connectivity index (χ4n) is 2.89. The van der Waals surface area contributed by atoms with Crippen LogP contribution in [0.15, 0.2) is 52.4 Å². The molecule has 0 aliphatic carbocycles. The van der Waals surface area contributed by atoms with Gasteiger partial charge in [0.15, 0.2) is 0 Å². The van der Waals surface area contributed by atoms with Crippen LogP contribution in [0.3, 0.4) is 0 Å². The van der Waals surface area contributed by atoms with Gasteiger partial charge in [0.05, 0.1) is 29.8 Å². The van der Waals surface area contributed by atoms with Crippen LogP contribution in [-0.2, 0) is 13.2 Å². The lowest BCUT2D eigenvalue weighted by Crippen LogP contribution is -2.30. The van der Waals surface area contributed by atoms with Crippen LogP contribution in [0, 0.1) is 0 Å². The zero-order chi connectivity index (χ0) is 22.1. The fraction of sp³-hybridized carbons (Fsp3) is 0.150. The number of ether oxygens (including phenoxy) is 1. The summed E-state index contributed by atoms with van der Waals surface area (Å²) in [5.41, 5.74) is 0.638. The normalized spacial score (nSPS) is 11.8. The Hall–Kier alpha value is -3.82. The highest BCUT2D eigenvalue weighted by molar-refractivity contribution is 6.04. The molecule has 0 aliphatic heterocycles. The molecule has 0 spiro atoms. The van der Waals surface area contributed by atoms with Gasteiger partial charge < -0.3 is 14.4 Å². The molecule has 1 heterocycles. The van der Waals surface area contributed by atoms with Crippen molar-refractivity contribution >= 4 is 23.0 Å². The molecule has 0 saturated carbocycles. The number of nitrogens with zero attached hydrogens (tertiary/aromatic N) is 2. The monoisotopic (exact) mass is 419 g/mol. The van der Waals surface area contributed by atoms with Crippen molar-refractivity contribution in [1.82, 2.24) is 9.99 Å². The minimum absolute atomic E-state index is 0.180. The van der Waals surface area contributed by atoms with E-state index in [1.807, 2.05) is 0 Å². The highest BCUT2D eigenvalue weighted by atomic mass is 19.4. The lowest BCUT2D eigenvalue weighted by molar-refractivity contribution is -0.137. The first-order chi connectivity index (χ1) is 14.1. The number of amides is 1. The smallest absolute Gasteiger partial charge is 0.416 e. The van der Waals surface area contributed by atoms with Crippen molar-refractivity contribution in [3.8, 4) is 11.5 Å². The number of aromatic hydroxyl groups is 1. The second-order valence-corrected chi connectivity index (χ2v) is 6.26. The number of carbonyl (C=O) groups excluding carboxylic acids is 1. The number of halogens is 3. The maximum atomic E-state index is 12.6. The Morgan fingerprint density at radius 3 is 2.47 bits per heavy atom. The molecule has 0 fully saturated rings. The number of hydrogen-bond donors (Lipinski definition) is 2. The predicted molar refractivity (Wildman–Crippen MR) is 104 cm³/mol. The number of hydrogen-bond acceptors (Lipinski definition) is 5. The number of fused-ring (bicyclic) bond motifs is 1. The molecular weight excluding hydrogens is 403 g/mol. The average molecular weight is 419 g/mol. The van der Waals surface area contributed by atoms with E-state index in [0.717, 1.165) is 18.3 Å². The third-order valence-electron chi connectivity index (χ3n) is 4.42. The van der Waals surface area contributed by atoms with E-state index < -0.39 is 34.5 Å². The molecule has 0 atom stereocenters. The number of rotatable bonds is 4. The molecule has 2 N–H and O–H groups in total. The van der Waals surface area contributed by atoms with Gasteiger partial charge in [0.2, 0.25) is 0 Å². The molecule has 10 heteroatoms. The number of aromatic nitrogens is 1. The molecule has 3 aromatic rings. The molecule has 0 saturated heterocycles. The Labute approximate surface area is 168 Å². The van der Waals surface area contributed by atoms with E-state index in [1.165, 1.54) is 30.9 Å². The number of carbonyl (C=O) groups is 1. The second-order valence-electron chi connectivity index (χ2n) is 6.26. The van der Waals surface area contributed by atoms with Gasteiger partial charge in [-0.1, -0.05) is 18.2 Å². The van der Waals surface area contributed by atoms with Crippen molar-refractivity contribution in [2.45, 2.75) is 6.18 Å². The summed E-state index contributed by atoms with van der Waals surface area (Å²) in [6.45, 7) is 0. The van der Waals surface area contributed by atoms with Crippen molar-refractivity contribution in [2.75, 3.05) is 7.11 Å². The summed E-state index contributed by atoms with van der Waals surface area (Å²) < 4.78 is 44.1. The van der Waals surface area contributed by atoms with E-state index in [-0.39, 0.29) is 11.1 Å². The molecule has 1 amide bonds. The van der Waals surface area contributed by atoms with Gasteiger partial charge >= 0.3 is 6.18 Å². The molecule has 7 nitrogen and oxygen atoms in total. The largest absolute Gasteiger partial charge is 0.506 e. The highest BCUT2D eigenvalue weighted by Crippen LogP contribution is 2.34. The van der Waals surface area contributed by atoms with E-state index in [9.17, 15) is 27.9 Å². The summed E-state index contributed by atoms with van der Waals surface area (Å²) in [5, 5.41) is 14.4. The Kier molecular flexibility index (Phi) is 5.50. The van der Waals surface area contributed by atoms with Gasteiger partial charge in [-0.25, -0.2) is 5.43 Å². The molecule has 2 aromatic carbocycles. The van der Waals surface area contributed by atoms with E-state index in [4.69, 9.17) is 4.74 Å². The predicted octanol–water partition coefficient (Wildman–Crippen LogP) is 3.04. The van der Waals surface area contributed by atoms with Gasteiger partial charge in [0.25, 0.3) is 11.5 Å². The van der Waals surface area contributed by atoms with Gasteiger partial charge in [-0.3, -0.25) is 9.59 Å². The van der Waals surface area contributed by atoms with Crippen LogP contribution < -0.4 is 15.7 Å². The molecule has 0 aliphatic rings. The fourth-order valence-corrected chi connectivity index (χ4v) is 2.89. The number of pyridine rings is 1.